The molecule has 0 bridgehead atoms. The number of likely N-dealkylation sites (tertiary alicyclic amines) is 1. The Morgan fingerprint density at radius 1 is 0.695 bits per heavy atom. The van der Waals surface area contributed by atoms with Gasteiger partial charge in [0.1, 0.15) is 51.7 Å². The van der Waals surface area contributed by atoms with E-state index in [-0.39, 0.29) is 27.3 Å². The van der Waals surface area contributed by atoms with Crippen molar-refractivity contribution in [2.75, 3.05) is 36.8 Å². The van der Waals surface area contributed by atoms with E-state index in [0.29, 0.717) is 43.7 Å². The highest BCUT2D eigenvalue weighted by atomic mass is 32.1. The number of carbonyl (C=O) groups is 1. The minimum atomic E-state index is -4.23. The predicted molar refractivity (Wildman–Crippen MR) is 217 cm³/mol. The van der Waals surface area contributed by atoms with Crippen LogP contribution in [0.1, 0.15) is 51.4 Å². The van der Waals surface area contributed by atoms with E-state index in [4.69, 9.17) is 5.11 Å². The zero-order chi connectivity index (χ0) is 42.0. The summed E-state index contributed by atoms with van der Waals surface area (Å²) in [6, 6.07) is 16.9. The third-order valence-electron chi connectivity index (χ3n) is 9.49. The monoisotopic (exact) mass is 860 g/mol. The molecular formula is C40H42F6N8O3S2. The van der Waals surface area contributed by atoms with Gasteiger partial charge in [0.15, 0.2) is 0 Å². The summed E-state index contributed by atoms with van der Waals surface area (Å²) in [7, 11) is 0. The van der Waals surface area contributed by atoms with Gasteiger partial charge >= 0.3 is 12.4 Å². The van der Waals surface area contributed by atoms with Crippen LogP contribution in [0.4, 0.5) is 38.0 Å². The molecule has 0 unspecified atom stereocenters. The lowest BCUT2D eigenvalue weighted by molar-refractivity contribution is -0.127. The Morgan fingerprint density at radius 2 is 1.15 bits per heavy atom. The first-order chi connectivity index (χ1) is 28.2. The molecule has 59 heavy (non-hydrogen) atoms. The van der Waals surface area contributed by atoms with Crippen molar-refractivity contribution in [3.8, 4) is 11.5 Å². The fourth-order valence-corrected chi connectivity index (χ4v) is 8.66. The number of fused-ring (bicyclic) bond motifs is 2. The summed E-state index contributed by atoms with van der Waals surface area (Å²) in [6.45, 7) is 4.53. The summed E-state index contributed by atoms with van der Waals surface area (Å²) in [5.74, 6) is 1.69. The second-order valence-corrected chi connectivity index (χ2v) is 16.4. The van der Waals surface area contributed by atoms with Crippen molar-refractivity contribution in [3.63, 3.8) is 0 Å². The van der Waals surface area contributed by atoms with Crippen LogP contribution >= 0.6 is 22.7 Å². The highest BCUT2D eigenvalue weighted by molar-refractivity contribution is 7.19. The fourth-order valence-electron chi connectivity index (χ4n) is 6.61. The van der Waals surface area contributed by atoms with Gasteiger partial charge in [0.25, 0.3) is 0 Å². The van der Waals surface area contributed by atoms with E-state index in [1.807, 2.05) is 12.1 Å². The van der Waals surface area contributed by atoms with Crippen LogP contribution in [0.2, 0.25) is 0 Å². The Hall–Kier alpha value is -5.11. The number of nitrogens with one attached hydrogen (secondary N) is 3. The van der Waals surface area contributed by atoms with Crippen molar-refractivity contribution in [2.45, 2.75) is 69.5 Å². The highest BCUT2D eigenvalue weighted by Gasteiger charge is 2.30. The molecular weight excluding hydrogens is 819 g/mol. The molecule has 0 aliphatic carbocycles. The minimum absolute atomic E-state index is 0.181. The van der Waals surface area contributed by atoms with Gasteiger partial charge in [0.2, 0.25) is 0 Å². The normalized spacial score (nSPS) is 15.6. The summed E-state index contributed by atoms with van der Waals surface area (Å²) < 4.78 is 75.6. The van der Waals surface area contributed by atoms with Crippen LogP contribution in [-0.2, 0) is 19.4 Å². The van der Waals surface area contributed by atoms with Gasteiger partial charge in [-0.1, -0.05) is 12.1 Å². The molecule has 6 heterocycles. The van der Waals surface area contributed by atoms with Crippen molar-refractivity contribution >= 4 is 61.0 Å². The Bertz CT molecular complexity index is 2260. The maximum atomic E-state index is 12.7. The molecule has 314 valence electrons. The third kappa shape index (κ3) is 13.5. The molecule has 8 rings (SSSR count). The SMILES string of the molecule is FC(F)(F)Cc1cc2c(NC3CCNCC3)ncnc2s1.O=Cc1ccc(O)cc1.Oc1ccc(CN2CCC(Nc3ncnc4sc(CC(F)(F)F)cc34)CC2)cc1. The zero-order valence-corrected chi connectivity index (χ0v) is 33.2. The molecule has 2 aliphatic rings. The molecule has 5 N–H and O–H groups in total. The van der Waals surface area contributed by atoms with Gasteiger partial charge in [-0.3, -0.25) is 9.69 Å². The summed E-state index contributed by atoms with van der Waals surface area (Å²) >= 11 is 2.14. The maximum Gasteiger partial charge on any atom is 0.393 e. The molecule has 2 aromatic carbocycles. The predicted octanol–water partition coefficient (Wildman–Crippen LogP) is 8.74. The second kappa shape index (κ2) is 19.8. The number of benzene rings is 2. The summed E-state index contributed by atoms with van der Waals surface area (Å²) in [5, 5.41) is 29.5. The maximum absolute atomic E-state index is 12.7. The van der Waals surface area contributed by atoms with Gasteiger partial charge < -0.3 is 26.2 Å². The number of rotatable bonds is 9. The number of hydrogen-bond acceptors (Lipinski definition) is 13. The van der Waals surface area contributed by atoms with Crippen LogP contribution in [-0.4, -0.2) is 92.0 Å². The number of carbonyl (C=O) groups excluding carboxylic acids is 1. The number of aldehydes is 1. The lowest BCUT2D eigenvalue weighted by atomic mass is 10.0. The van der Waals surface area contributed by atoms with E-state index >= 15 is 0 Å². The smallest absolute Gasteiger partial charge is 0.393 e. The average molecular weight is 861 g/mol. The van der Waals surface area contributed by atoms with Crippen molar-refractivity contribution in [1.29, 1.82) is 0 Å². The molecule has 11 nitrogen and oxygen atoms in total. The number of thiophene rings is 2. The molecule has 0 radical (unpaired) electrons. The van der Waals surface area contributed by atoms with Crippen LogP contribution in [0.25, 0.3) is 20.4 Å². The number of halogens is 6. The van der Waals surface area contributed by atoms with Crippen molar-refractivity contribution in [3.05, 3.63) is 94.2 Å². The summed E-state index contributed by atoms with van der Waals surface area (Å²) in [6.07, 6.45) is -2.95. The van der Waals surface area contributed by atoms with E-state index in [1.165, 1.54) is 24.8 Å². The molecule has 2 aliphatic heterocycles. The number of nitrogens with zero attached hydrogens (tertiary/aromatic N) is 5. The van der Waals surface area contributed by atoms with Crippen molar-refractivity contribution in [2.24, 2.45) is 0 Å². The Balaban J connectivity index is 0.000000169. The lowest BCUT2D eigenvalue weighted by Gasteiger charge is -2.32. The molecule has 0 saturated carbocycles. The average Bonchev–Trinajstić information content (AvgIpc) is 3.80. The van der Waals surface area contributed by atoms with Gasteiger partial charge in [-0.2, -0.15) is 26.3 Å². The lowest BCUT2D eigenvalue weighted by Crippen LogP contribution is -2.38. The first kappa shape index (κ1) is 43.5. The number of anilines is 2. The number of phenolic OH excluding ortho intramolecular Hbond substituents is 2. The number of hydrogen-bond donors (Lipinski definition) is 5. The molecule has 2 fully saturated rings. The van der Waals surface area contributed by atoms with Crippen LogP contribution in [0, 0.1) is 0 Å². The number of aromatic nitrogens is 4. The second-order valence-electron chi connectivity index (χ2n) is 14.1. The molecule has 0 atom stereocenters. The highest BCUT2D eigenvalue weighted by Crippen LogP contribution is 2.34. The Labute approximate surface area is 343 Å². The van der Waals surface area contributed by atoms with Crippen LogP contribution in [0.5, 0.6) is 11.5 Å². The molecule has 2 saturated heterocycles. The van der Waals surface area contributed by atoms with Gasteiger partial charge in [-0.15, -0.1) is 22.7 Å². The van der Waals surface area contributed by atoms with E-state index in [0.717, 1.165) is 92.9 Å². The van der Waals surface area contributed by atoms with Gasteiger partial charge in [0.05, 0.1) is 23.6 Å². The largest absolute Gasteiger partial charge is 0.508 e. The van der Waals surface area contributed by atoms with Gasteiger partial charge in [-0.05, 0) is 92.9 Å². The molecule has 6 aromatic rings. The van der Waals surface area contributed by atoms with Gasteiger partial charge in [0, 0.05) is 47.0 Å². The summed E-state index contributed by atoms with van der Waals surface area (Å²) in [4.78, 5) is 30.7. The quantitative estimate of drug-likeness (QED) is 0.0702. The summed E-state index contributed by atoms with van der Waals surface area (Å²) in [5.41, 5.74) is 1.73. The topological polar surface area (TPSA) is 148 Å². The number of alkyl halides is 6. The molecule has 4 aromatic heterocycles. The Kier molecular flexibility index (Phi) is 14.6. The fraction of sp³-hybridized carbons (Fsp3) is 0.375. The van der Waals surface area contributed by atoms with Crippen LogP contribution in [0.3, 0.4) is 0 Å². The first-order valence-corrected chi connectivity index (χ1v) is 20.4. The van der Waals surface area contributed by atoms with E-state index in [1.54, 1.807) is 36.4 Å². The zero-order valence-electron chi connectivity index (χ0n) is 31.6. The first-order valence-electron chi connectivity index (χ1n) is 18.8. The van der Waals surface area contributed by atoms with Crippen molar-refractivity contribution in [1.82, 2.24) is 30.2 Å². The number of aromatic hydroxyl groups is 2. The van der Waals surface area contributed by atoms with Crippen LogP contribution in [0.15, 0.2) is 73.3 Å². The minimum Gasteiger partial charge on any atom is -0.508 e. The van der Waals surface area contributed by atoms with Crippen molar-refractivity contribution < 1.29 is 41.4 Å². The van der Waals surface area contributed by atoms with Crippen LogP contribution < -0.4 is 16.0 Å². The number of phenols is 2. The molecule has 19 heteroatoms. The van der Waals surface area contributed by atoms with E-state index < -0.39 is 25.2 Å². The third-order valence-corrected chi connectivity index (χ3v) is 11.6. The standard InChI is InChI=1S/C20H21F3N4OS.C13H15F3N4S.C7H6O2/c21-20(22,23)10-16-9-17-18(24-12-25-19(17)29-16)26-14-5-7-27(8-6-14)11-13-1-3-15(28)4-2-13;14-13(15,16)6-9-5-10-11(18-7-19-12(10)21-9)20-8-1-3-17-4-2-8;8-5-6-1-3-7(9)4-2-6/h1-4,9,12,14,28H,5-8,10-11H2,(H,24,25,26);5,7-8,17H,1-4,6H2,(H,18,19,20);1-5,9H. The molecule has 0 spiro atoms. The molecule has 0 amide bonds. The van der Waals surface area contributed by atoms with E-state index in [9.17, 15) is 36.2 Å². The number of piperidine rings is 2. The van der Waals surface area contributed by atoms with E-state index in [2.05, 4.69) is 40.8 Å². The van der Waals surface area contributed by atoms with Gasteiger partial charge in [-0.25, -0.2) is 19.9 Å². The Morgan fingerprint density at radius 3 is 1.61 bits per heavy atom.